The predicted octanol–water partition coefficient (Wildman–Crippen LogP) is 2.36. The van der Waals surface area contributed by atoms with Crippen molar-refractivity contribution in [1.82, 2.24) is 9.88 Å². The Hall–Kier alpha value is -1.39. The zero-order chi connectivity index (χ0) is 11.4. The molecule has 2 aromatic heterocycles. The van der Waals surface area contributed by atoms with Crippen molar-refractivity contribution in [2.75, 3.05) is 12.8 Å². The number of aromatic nitrogens is 1. The maximum absolute atomic E-state index is 5.86. The molecule has 0 saturated heterocycles. The van der Waals surface area contributed by atoms with Gasteiger partial charge < -0.3 is 5.73 Å². The smallest absolute Gasteiger partial charge is 0.0772 e. The lowest BCUT2D eigenvalue weighted by molar-refractivity contribution is 0.318. The van der Waals surface area contributed by atoms with Crippen LogP contribution in [0.5, 0.6) is 0 Å². The second kappa shape index (κ2) is 5.09. The summed E-state index contributed by atoms with van der Waals surface area (Å²) in [5.74, 6) is 0. The maximum atomic E-state index is 5.86. The van der Waals surface area contributed by atoms with Gasteiger partial charge in [-0.15, -0.1) is 11.3 Å². The monoisotopic (exact) mass is 233 g/mol. The summed E-state index contributed by atoms with van der Waals surface area (Å²) in [7, 11) is 2.08. The summed E-state index contributed by atoms with van der Waals surface area (Å²) in [5.41, 5.74) is 7.57. The van der Waals surface area contributed by atoms with Crippen LogP contribution >= 0.6 is 11.3 Å². The van der Waals surface area contributed by atoms with Gasteiger partial charge in [-0.1, -0.05) is 6.07 Å². The third-order valence-corrected chi connectivity index (χ3v) is 3.21. The first kappa shape index (κ1) is 11.1. The Kier molecular flexibility index (Phi) is 3.54. The molecule has 84 valence electrons. The van der Waals surface area contributed by atoms with Crippen molar-refractivity contribution in [2.24, 2.45) is 0 Å². The number of nitrogen functional groups attached to an aromatic ring is 1. The first-order valence-corrected chi connectivity index (χ1v) is 6.04. The van der Waals surface area contributed by atoms with Crippen LogP contribution in [0.2, 0.25) is 0 Å². The van der Waals surface area contributed by atoms with Gasteiger partial charge in [-0.3, -0.25) is 9.88 Å². The Morgan fingerprint density at radius 3 is 2.88 bits per heavy atom. The van der Waals surface area contributed by atoms with Gasteiger partial charge in [0.05, 0.1) is 11.4 Å². The lowest BCUT2D eigenvalue weighted by atomic mass is 10.3. The number of rotatable bonds is 4. The molecule has 2 rings (SSSR count). The van der Waals surface area contributed by atoms with E-state index >= 15 is 0 Å². The number of anilines is 1. The number of nitrogens with zero attached hydrogens (tertiary/aromatic N) is 2. The van der Waals surface area contributed by atoms with Crippen molar-refractivity contribution in [3.8, 4) is 0 Å². The Morgan fingerprint density at radius 2 is 2.19 bits per heavy atom. The fourth-order valence-electron chi connectivity index (χ4n) is 1.56. The van der Waals surface area contributed by atoms with Crippen LogP contribution in [0.4, 0.5) is 5.69 Å². The fraction of sp³-hybridized carbons (Fsp3) is 0.250. The van der Waals surface area contributed by atoms with Gasteiger partial charge in [0.1, 0.15) is 0 Å². The summed E-state index contributed by atoms with van der Waals surface area (Å²) in [6.45, 7) is 1.72. The molecule has 0 radical (unpaired) electrons. The molecule has 0 aliphatic carbocycles. The zero-order valence-corrected chi connectivity index (χ0v) is 10.1. The van der Waals surface area contributed by atoms with Crippen molar-refractivity contribution in [3.63, 3.8) is 0 Å². The first-order valence-electron chi connectivity index (χ1n) is 5.16. The van der Waals surface area contributed by atoms with E-state index in [4.69, 9.17) is 5.73 Å². The highest BCUT2D eigenvalue weighted by atomic mass is 32.1. The average Bonchev–Trinajstić information content (AvgIpc) is 2.74. The molecule has 0 bridgehead atoms. The van der Waals surface area contributed by atoms with Crippen molar-refractivity contribution in [2.45, 2.75) is 13.1 Å². The molecule has 0 saturated carbocycles. The normalized spacial score (nSPS) is 10.9. The summed E-state index contributed by atoms with van der Waals surface area (Å²) in [5, 5.41) is 2.10. The van der Waals surface area contributed by atoms with E-state index in [1.165, 1.54) is 4.88 Å². The lowest BCUT2D eigenvalue weighted by Crippen LogP contribution is -2.18. The van der Waals surface area contributed by atoms with Crippen LogP contribution in [-0.2, 0) is 13.1 Å². The second-order valence-corrected chi connectivity index (χ2v) is 4.82. The van der Waals surface area contributed by atoms with Gasteiger partial charge in [0.2, 0.25) is 0 Å². The molecule has 0 unspecified atom stereocenters. The molecular weight excluding hydrogens is 218 g/mol. The van der Waals surface area contributed by atoms with Crippen LogP contribution in [0, 0.1) is 0 Å². The molecule has 0 atom stereocenters. The van der Waals surface area contributed by atoms with E-state index in [0.29, 0.717) is 0 Å². The highest BCUT2D eigenvalue weighted by molar-refractivity contribution is 7.09. The van der Waals surface area contributed by atoms with Crippen LogP contribution in [0.1, 0.15) is 10.6 Å². The molecule has 3 nitrogen and oxygen atoms in total. The summed E-state index contributed by atoms with van der Waals surface area (Å²) in [6.07, 6.45) is 1.78. The van der Waals surface area contributed by atoms with Crippen LogP contribution in [0.3, 0.4) is 0 Å². The summed E-state index contributed by atoms with van der Waals surface area (Å²) in [6, 6.07) is 7.96. The first-order chi connectivity index (χ1) is 7.75. The van der Waals surface area contributed by atoms with Crippen molar-refractivity contribution in [1.29, 1.82) is 0 Å². The SMILES string of the molecule is CN(Cc1cccs1)Cc1ncccc1N. The number of nitrogens with two attached hydrogens (primary N) is 1. The van der Waals surface area contributed by atoms with E-state index in [9.17, 15) is 0 Å². The van der Waals surface area contributed by atoms with Gasteiger partial charge in [0, 0.05) is 24.2 Å². The molecule has 0 fully saturated rings. The lowest BCUT2D eigenvalue weighted by Gasteiger charge is -2.15. The number of hydrogen-bond donors (Lipinski definition) is 1. The van der Waals surface area contributed by atoms with Crippen LogP contribution in [0.15, 0.2) is 35.8 Å². The van der Waals surface area contributed by atoms with Crippen molar-refractivity contribution < 1.29 is 0 Å². The molecule has 0 aromatic carbocycles. The molecule has 2 heterocycles. The molecule has 0 aliphatic heterocycles. The zero-order valence-electron chi connectivity index (χ0n) is 9.26. The largest absolute Gasteiger partial charge is 0.397 e. The van der Waals surface area contributed by atoms with Crippen LogP contribution in [-0.4, -0.2) is 16.9 Å². The Balaban J connectivity index is 1.97. The Morgan fingerprint density at radius 1 is 1.31 bits per heavy atom. The van der Waals surface area contributed by atoms with E-state index < -0.39 is 0 Å². The molecule has 2 N–H and O–H groups in total. The number of thiophene rings is 1. The predicted molar refractivity (Wildman–Crippen MR) is 68.1 cm³/mol. The third kappa shape index (κ3) is 2.81. The highest BCUT2D eigenvalue weighted by Crippen LogP contribution is 2.14. The van der Waals surface area contributed by atoms with Gasteiger partial charge in [0.15, 0.2) is 0 Å². The molecule has 16 heavy (non-hydrogen) atoms. The molecule has 4 heteroatoms. The van der Waals surface area contributed by atoms with Crippen molar-refractivity contribution in [3.05, 3.63) is 46.4 Å². The van der Waals surface area contributed by atoms with E-state index in [1.54, 1.807) is 17.5 Å². The third-order valence-electron chi connectivity index (χ3n) is 2.35. The van der Waals surface area contributed by atoms with Gasteiger partial charge in [0.25, 0.3) is 0 Å². The van der Waals surface area contributed by atoms with E-state index in [0.717, 1.165) is 24.5 Å². The van der Waals surface area contributed by atoms with Gasteiger partial charge >= 0.3 is 0 Å². The average molecular weight is 233 g/mol. The minimum Gasteiger partial charge on any atom is -0.397 e. The van der Waals surface area contributed by atoms with Crippen molar-refractivity contribution >= 4 is 17.0 Å². The standard InChI is InChI=1S/C12H15N3S/c1-15(8-10-4-3-7-16-10)9-12-11(13)5-2-6-14-12/h2-7H,8-9,13H2,1H3. The maximum Gasteiger partial charge on any atom is 0.0772 e. The minimum atomic E-state index is 0.764. The van der Waals surface area contributed by atoms with Gasteiger partial charge in [-0.05, 0) is 30.6 Å². The molecule has 2 aromatic rings. The quantitative estimate of drug-likeness (QED) is 0.881. The summed E-state index contributed by atoms with van der Waals surface area (Å²) >= 11 is 1.77. The number of pyridine rings is 1. The van der Waals surface area contributed by atoms with Crippen LogP contribution < -0.4 is 5.73 Å². The fourth-order valence-corrected chi connectivity index (χ4v) is 2.35. The Labute approximate surface area is 99.5 Å². The Bertz CT molecular complexity index is 439. The highest BCUT2D eigenvalue weighted by Gasteiger charge is 2.05. The van der Waals surface area contributed by atoms with Crippen LogP contribution in [0.25, 0.3) is 0 Å². The summed E-state index contributed by atoms with van der Waals surface area (Å²) in [4.78, 5) is 7.86. The minimum absolute atomic E-state index is 0.764. The van der Waals surface area contributed by atoms with Gasteiger partial charge in [-0.25, -0.2) is 0 Å². The van der Waals surface area contributed by atoms with E-state index in [2.05, 4.69) is 34.4 Å². The van der Waals surface area contributed by atoms with Gasteiger partial charge in [-0.2, -0.15) is 0 Å². The topological polar surface area (TPSA) is 42.2 Å². The second-order valence-electron chi connectivity index (χ2n) is 3.79. The van der Waals surface area contributed by atoms with E-state index in [-0.39, 0.29) is 0 Å². The molecule has 0 amide bonds. The molecular formula is C12H15N3S. The molecule has 0 aliphatic rings. The van der Waals surface area contributed by atoms with E-state index in [1.807, 2.05) is 12.1 Å². The summed E-state index contributed by atoms with van der Waals surface area (Å²) < 4.78 is 0. The molecule has 0 spiro atoms. The number of hydrogen-bond acceptors (Lipinski definition) is 4.